The molecule has 0 saturated carbocycles. The summed E-state index contributed by atoms with van der Waals surface area (Å²) in [6, 6.07) is 11.6. The Labute approximate surface area is 195 Å². The molecule has 2 aromatic rings. The number of hydrogen-bond donors (Lipinski definition) is 1. The van der Waals surface area contributed by atoms with Crippen LogP contribution >= 0.6 is 0 Å². The van der Waals surface area contributed by atoms with Gasteiger partial charge in [0.2, 0.25) is 21.8 Å². The predicted octanol–water partition coefficient (Wildman–Crippen LogP) is 3.23. The normalized spacial score (nSPS) is 13.2. The van der Waals surface area contributed by atoms with Crippen LogP contribution in [-0.2, 0) is 26.2 Å². The number of carbonyl (C=O) groups is 2. The fraction of sp³-hybridized carbons (Fsp3) is 0.417. The first-order valence-electron chi connectivity index (χ1n) is 10.8. The van der Waals surface area contributed by atoms with Gasteiger partial charge in [-0.25, -0.2) is 12.8 Å². The summed E-state index contributed by atoms with van der Waals surface area (Å²) >= 11 is 0. The lowest BCUT2D eigenvalue weighted by molar-refractivity contribution is -0.139. The molecule has 0 bridgehead atoms. The monoisotopic (exact) mass is 477 g/mol. The van der Waals surface area contributed by atoms with Crippen molar-refractivity contribution in [1.82, 2.24) is 10.2 Å². The van der Waals surface area contributed by atoms with E-state index in [4.69, 9.17) is 0 Å². The van der Waals surface area contributed by atoms with Gasteiger partial charge >= 0.3 is 0 Å². The van der Waals surface area contributed by atoms with E-state index in [1.54, 1.807) is 6.92 Å². The smallest absolute Gasteiger partial charge is 0.244 e. The van der Waals surface area contributed by atoms with Crippen molar-refractivity contribution in [3.8, 4) is 0 Å². The van der Waals surface area contributed by atoms with Crippen molar-refractivity contribution in [3.63, 3.8) is 0 Å². The third kappa shape index (κ3) is 7.28. The minimum Gasteiger partial charge on any atom is -0.352 e. The molecule has 0 unspecified atom stereocenters. The molecule has 33 heavy (non-hydrogen) atoms. The van der Waals surface area contributed by atoms with Crippen LogP contribution < -0.4 is 9.62 Å². The maximum Gasteiger partial charge on any atom is 0.244 e. The van der Waals surface area contributed by atoms with Crippen LogP contribution in [0.25, 0.3) is 0 Å². The molecule has 0 heterocycles. The lowest BCUT2D eigenvalue weighted by Gasteiger charge is -2.32. The number of sulfonamides is 1. The number of amides is 2. The summed E-state index contributed by atoms with van der Waals surface area (Å²) < 4.78 is 39.5. The fourth-order valence-corrected chi connectivity index (χ4v) is 4.11. The molecule has 0 aliphatic heterocycles. The van der Waals surface area contributed by atoms with E-state index in [0.29, 0.717) is 0 Å². The number of nitrogens with zero attached hydrogens (tertiary/aromatic N) is 2. The first-order chi connectivity index (χ1) is 15.4. The van der Waals surface area contributed by atoms with Crippen molar-refractivity contribution < 1.29 is 22.4 Å². The number of rotatable bonds is 10. The molecule has 0 saturated heterocycles. The molecule has 7 nitrogen and oxygen atoms in total. The molecular formula is C24H32FN3O4S. The molecule has 2 rings (SSSR count). The highest BCUT2D eigenvalue weighted by Gasteiger charge is 2.30. The summed E-state index contributed by atoms with van der Waals surface area (Å²) in [5, 5.41) is 2.87. The first-order valence-corrected chi connectivity index (χ1v) is 12.7. The lowest BCUT2D eigenvalue weighted by atomic mass is 10.1. The molecule has 0 aliphatic carbocycles. The van der Waals surface area contributed by atoms with E-state index in [2.05, 4.69) is 5.32 Å². The summed E-state index contributed by atoms with van der Waals surface area (Å²) in [4.78, 5) is 27.6. The van der Waals surface area contributed by atoms with Gasteiger partial charge in [0.25, 0.3) is 0 Å². The largest absolute Gasteiger partial charge is 0.352 e. The number of hydrogen-bond acceptors (Lipinski definition) is 4. The molecule has 0 fully saturated rings. The number of nitrogens with one attached hydrogen (secondary N) is 1. The van der Waals surface area contributed by atoms with Crippen LogP contribution in [0.15, 0.2) is 48.5 Å². The van der Waals surface area contributed by atoms with Crippen LogP contribution in [0.4, 0.5) is 10.1 Å². The van der Waals surface area contributed by atoms with Gasteiger partial charge in [0.05, 0.1) is 11.9 Å². The minimum atomic E-state index is -3.89. The number of benzene rings is 2. The lowest BCUT2D eigenvalue weighted by Crippen LogP contribution is -2.52. The Kier molecular flexibility index (Phi) is 8.99. The highest BCUT2D eigenvalue weighted by Crippen LogP contribution is 2.20. The molecule has 0 spiro atoms. The molecule has 0 aromatic heterocycles. The number of carbonyl (C=O) groups excluding carboxylic acids is 2. The van der Waals surface area contributed by atoms with Crippen LogP contribution in [0.5, 0.6) is 0 Å². The third-order valence-corrected chi connectivity index (χ3v) is 6.69. The fourth-order valence-electron chi connectivity index (χ4n) is 3.26. The summed E-state index contributed by atoms with van der Waals surface area (Å²) in [6.45, 7) is 6.89. The summed E-state index contributed by atoms with van der Waals surface area (Å²) in [5.74, 6) is -1.52. The van der Waals surface area contributed by atoms with Crippen molar-refractivity contribution in [1.29, 1.82) is 0 Å². The highest BCUT2D eigenvalue weighted by molar-refractivity contribution is 7.92. The van der Waals surface area contributed by atoms with Crippen LogP contribution in [-0.4, -0.2) is 50.0 Å². The van der Waals surface area contributed by atoms with E-state index in [1.807, 2.05) is 45.0 Å². The molecule has 1 N–H and O–H groups in total. The number of aryl methyl sites for hydroxylation is 1. The summed E-state index contributed by atoms with van der Waals surface area (Å²) in [5.41, 5.74) is 1.82. The first kappa shape index (κ1) is 26.3. The topological polar surface area (TPSA) is 86.8 Å². The molecule has 2 atom stereocenters. The average Bonchev–Trinajstić information content (AvgIpc) is 2.75. The number of anilines is 1. The van der Waals surface area contributed by atoms with Gasteiger partial charge in [0.15, 0.2) is 0 Å². The van der Waals surface area contributed by atoms with Crippen LogP contribution in [0.2, 0.25) is 0 Å². The van der Waals surface area contributed by atoms with Gasteiger partial charge in [0.1, 0.15) is 18.4 Å². The Morgan fingerprint density at radius 3 is 2.33 bits per heavy atom. The van der Waals surface area contributed by atoms with Crippen molar-refractivity contribution in [2.75, 3.05) is 17.1 Å². The zero-order valence-corrected chi connectivity index (χ0v) is 20.5. The second kappa shape index (κ2) is 11.3. The van der Waals surface area contributed by atoms with E-state index in [1.165, 1.54) is 23.1 Å². The van der Waals surface area contributed by atoms with E-state index in [-0.39, 0.29) is 24.2 Å². The third-order valence-electron chi connectivity index (χ3n) is 5.55. The molecular weight excluding hydrogens is 445 g/mol. The summed E-state index contributed by atoms with van der Waals surface area (Å²) in [7, 11) is -3.89. The molecule has 0 aliphatic rings. The van der Waals surface area contributed by atoms with Gasteiger partial charge in [-0.15, -0.1) is 0 Å². The molecule has 9 heteroatoms. The Balaban J connectivity index is 2.40. The van der Waals surface area contributed by atoms with Crippen molar-refractivity contribution >= 4 is 27.5 Å². The second-order valence-corrected chi connectivity index (χ2v) is 10.1. The van der Waals surface area contributed by atoms with Crippen molar-refractivity contribution in [3.05, 3.63) is 65.5 Å². The molecule has 2 aromatic carbocycles. The van der Waals surface area contributed by atoms with E-state index in [0.717, 1.165) is 34.2 Å². The average molecular weight is 478 g/mol. The van der Waals surface area contributed by atoms with E-state index in [9.17, 15) is 22.4 Å². The van der Waals surface area contributed by atoms with Gasteiger partial charge in [-0.3, -0.25) is 13.9 Å². The van der Waals surface area contributed by atoms with Gasteiger partial charge in [-0.1, -0.05) is 37.3 Å². The maximum atomic E-state index is 13.8. The van der Waals surface area contributed by atoms with Crippen LogP contribution in [0.1, 0.15) is 38.3 Å². The minimum absolute atomic E-state index is 0.0402. The molecule has 0 radical (unpaired) electrons. The van der Waals surface area contributed by atoms with Gasteiger partial charge in [-0.2, -0.15) is 0 Å². The quantitative estimate of drug-likeness (QED) is 0.569. The zero-order chi connectivity index (χ0) is 24.8. The van der Waals surface area contributed by atoms with Crippen molar-refractivity contribution in [2.45, 2.75) is 52.7 Å². The highest BCUT2D eigenvalue weighted by atomic mass is 32.2. The predicted molar refractivity (Wildman–Crippen MR) is 128 cm³/mol. The van der Waals surface area contributed by atoms with Crippen LogP contribution in [0.3, 0.4) is 0 Å². The summed E-state index contributed by atoms with van der Waals surface area (Å²) in [6.07, 6.45) is 1.68. The Morgan fingerprint density at radius 2 is 1.76 bits per heavy atom. The Hall–Kier alpha value is -2.94. The van der Waals surface area contributed by atoms with Gasteiger partial charge < -0.3 is 10.2 Å². The van der Waals surface area contributed by atoms with Crippen LogP contribution in [0, 0.1) is 12.7 Å². The maximum absolute atomic E-state index is 13.8. The van der Waals surface area contributed by atoms with Gasteiger partial charge in [-0.05, 0) is 56.5 Å². The Morgan fingerprint density at radius 1 is 1.09 bits per heavy atom. The second-order valence-electron chi connectivity index (χ2n) is 8.19. The molecule has 180 valence electrons. The zero-order valence-electron chi connectivity index (χ0n) is 19.7. The Bertz CT molecular complexity index is 1090. The SMILES string of the molecule is CC[C@H](C)NC(=O)[C@H](C)N(Cc1ccccc1C)C(=O)CN(c1cccc(F)c1)S(C)(=O)=O. The standard InChI is InChI=1S/C24H32FN3O4S/c1-6-18(3)26-24(30)19(4)27(15-20-11-8-7-10-17(20)2)23(29)16-28(33(5,31)32)22-13-9-12-21(25)14-22/h7-14,18-19H,6,15-16H2,1-5H3,(H,26,30)/t18-,19-/m0/s1. The molecule has 2 amide bonds. The number of halogens is 1. The van der Waals surface area contributed by atoms with Gasteiger partial charge in [0, 0.05) is 12.6 Å². The van der Waals surface area contributed by atoms with Crippen molar-refractivity contribution in [2.24, 2.45) is 0 Å². The van der Waals surface area contributed by atoms with E-state index >= 15 is 0 Å². The van der Waals surface area contributed by atoms with E-state index < -0.39 is 34.3 Å².